The molecule has 8 aromatic carbocycles. The molecule has 0 saturated heterocycles. The predicted molar refractivity (Wildman–Crippen MR) is 219 cm³/mol. The van der Waals surface area contributed by atoms with E-state index in [1.165, 1.54) is 86.0 Å². The lowest BCUT2D eigenvalue weighted by atomic mass is 10.0. The summed E-state index contributed by atoms with van der Waals surface area (Å²) in [5.74, 6) is 0. The van der Waals surface area contributed by atoms with E-state index in [0.29, 0.717) is 0 Å². The van der Waals surface area contributed by atoms with E-state index in [9.17, 15) is 0 Å². The molecule has 0 saturated carbocycles. The Labute approximate surface area is 298 Å². The molecule has 0 bridgehead atoms. The summed E-state index contributed by atoms with van der Waals surface area (Å²) in [4.78, 5) is 0. The van der Waals surface area contributed by atoms with Crippen LogP contribution in [-0.4, -0.2) is 9.13 Å². The van der Waals surface area contributed by atoms with E-state index in [1.54, 1.807) is 0 Å². The number of aromatic nitrogens is 2. The molecule has 0 spiro atoms. The van der Waals surface area contributed by atoms with E-state index >= 15 is 0 Å². The van der Waals surface area contributed by atoms with Gasteiger partial charge in [0.25, 0.3) is 0 Å². The predicted octanol–water partition coefficient (Wildman–Crippen LogP) is 13.6. The van der Waals surface area contributed by atoms with Gasteiger partial charge in [-0.05, 0) is 89.0 Å². The van der Waals surface area contributed by atoms with Crippen molar-refractivity contribution in [3.63, 3.8) is 0 Å². The van der Waals surface area contributed by atoms with Crippen LogP contribution in [0.5, 0.6) is 0 Å². The van der Waals surface area contributed by atoms with Gasteiger partial charge in [-0.3, -0.25) is 0 Å². The Morgan fingerprint density at radius 3 is 1.35 bits per heavy atom. The minimum absolute atomic E-state index is 1.16. The second kappa shape index (κ2) is 11.0. The van der Waals surface area contributed by atoms with Crippen LogP contribution in [0.15, 0.2) is 182 Å². The first kappa shape index (κ1) is 28.4. The molecule has 3 aromatic heterocycles. The Morgan fingerprint density at radius 1 is 0.275 bits per heavy atom. The second-order valence-corrected chi connectivity index (χ2v) is 14.4. The first-order valence-electron chi connectivity index (χ1n) is 17.4. The van der Waals surface area contributed by atoms with Crippen LogP contribution in [0.4, 0.5) is 0 Å². The number of para-hydroxylation sites is 3. The molecular formula is C48H30N2S. The highest BCUT2D eigenvalue weighted by molar-refractivity contribution is 7.25. The number of nitrogens with zero attached hydrogens (tertiary/aromatic N) is 2. The summed E-state index contributed by atoms with van der Waals surface area (Å²) in [6, 6.07) is 66.8. The van der Waals surface area contributed by atoms with E-state index in [-0.39, 0.29) is 0 Å². The fourth-order valence-electron chi connectivity index (χ4n) is 8.18. The minimum atomic E-state index is 1.16. The molecule has 0 unspecified atom stereocenters. The molecule has 0 N–H and O–H groups in total. The average molecular weight is 667 g/mol. The van der Waals surface area contributed by atoms with E-state index < -0.39 is 0 Å². The maximum atomic E-state index is 2.44. The molecule has 2 nitrogen and oxygen atoms in total. The van der Waals surface area contributed by atoms with Gasteiger partial charge in [-0.25, -0.2) is 0 Å². The molecule has 3 heterocycles. The highest BCUT2D eigenvalue weighted by Gasteiger charge is 2.16. The van der Waals surface area contributed by atoms with Crippen LogP contribution in [0.1, 0.15) is 0 Å². The molecule has 238 valence electrons. The monoisotopic (exact) mass is 666 g/mol. The van der Waals surface area contributed by atoms with E-state index in [2.05, 4.69) is 191 Å². The fraction of sp³-hybridized carbons (Fsp3) is 0. The molecule has 0 fully saturated rings. The standard InChI is InChI=1S/C48H30N2S/c1-5-19-43-37(15-1)38-16-2-6-20-44(38)49(43)35-13-10-12-32(28-35)34-23-25-40-39-17-3-7-21-45(39)50(46(40)30-34)36-14-9-11-31(27-36)33-24-26-48-42(29-33)41-18-4-8-22-47(41)51-48/h1-30H. The number of hydrogen-bond acceptors (Lipinski definition) is 1. The lowest BCUT2D eigenvalue weighted by molar-refractivity contribution is 1.18. The lowest BCUT2D eigenvalue weighted by Crippen LogP contribution is -1.95. The topological polar surface area (TPSA) is 9.86 Å². The summed E-state index contributed by atoms with van der Waals surface area (Å²) < 4.78 is 7.49. The Hall–Kier alpha value is -6.42. The summed E-state index contributed by atoms with van der Waals surface area (Å²) in [6.45, 7) is 0. The zero-order valence-electron chi connectivity index (χ0n) is 27.6. The minimum Gasteiger partial charge on any atom is -0.309 e. The van der Waals surface area contributed by atoms with Crippen molar-refractivity contribution in [1.82, 2.24) is 9.13 Å². The van der Waals surface area contributed by atoms with Gasteiger partial charge in [-0.1, -0.05) is 115 Å². The van der Waals surface area contributed by atoms with Crippen molar-refractivity contribution in [2.75, 3.05) is 0 Å². The molecule has 0 amide bonds. The number of rotatable bonds is 4. The van der Waals surface area contributed by atoms with Gasteiger partial charge in [0.05, 0.1) is 22.1 Å². The highest BCUT2D eigenvalue weighted by atomic mass is 32.1. The average Bonchev–Trinajstić information content (AvgIpc) is 3.85. The van der Waals surface area contributed by atoms with Gasteiger partial charge in [-0.15, -0.1) is 11.3 Å². The Balaban J connectivity index is 1.07. The van der Waals surface area contributed by atoms with Gasteiger partial charge in [0.2, 0.25) is 0 Å². The third-order valence-corrected chi connectivity index (χ3v) is 11.7. The molecule has 0 radical (unpaired) electrons. The molecule has 0 aliphatic heterocycles. The number of hydrogen-bond donors (Lipinski definition) is 0. The quantitative estimate of drug-likeness (QED) is 0.177. The highest BCUT2D eigenvalue weighted by Crippen LogP contribution is 2.39. The summed E-state index contributed by atoms with van der Waals surface area (Å²) in [7, 11) is 0. The van der Waals surface area contributed by atoms with Gasteiger partial charge in [-0.2, -0.15) is 0 Å². The molecule has 11 rings (SSSR count). The normalized spacial score (nSPS) is 11.9. The van der Waals surface area contributed by atoms with E-state index in [1.807, 2.05) is 11.3 Å². The van der Waals surface area contributed by atoms with Crippen LogP contribution in [-0.2, 0) is 0 Å². The zero-order valence-corrected chi connectivity index (χ0v) is 28.4. The molecular weight excluding hydrogens is 637 g/mol. The van der Waals surface area contributed by atoms with Gasteiger partial charge in [0.15, 0.2) is 0 Å². The summed E-state index contributed by atoms with van der Waals surface area (Å²) in [6.07, 6.45) is 0. The van der Waals surface area contributed by atoms with E-state index in [4.69, 9.17) is 0 Å². The largest absolute Gasteiger partial charge is 0.309 e. The zero-order chi connectivity index (χ0) is 33.5. The van der Waals surface area contributed by atoms with Crippen molar-refractivity contribution >= 4 is 75.1 Å². The third kappa shape index (κ3) is 4.35. The Kier molecular flexibility index (Phi) is 6.16. The molecule has 0 aliphatic rings. The second-order valence-electron chi connectivity index (χ2n) is 13.4. The molecule has 3 heteroatoms. The van der Waals surface area contributed by atoms with Crippen molar-refractivity contribution in [1.29, 1.82) is 0 Å². The number of thiophene rings is 1. The van der Waals surface area contributed by atoms with Gasteiger partial charge >= 0.3 is 0 Å². The van der Waals surface area contributed by atoms with Gasteiger partial charge in [0, 0.05) is 53.1 Å². The lowest BCUT2D eigenvalue weighted by Gasteiger charge is -2.12. The van der Waals surface area contributed by atoms with Crippen LogP contribution < -0.4 is 0 Å². The summed E-state index contributed by atoms with van der Waals surface area (Å²) >= 11 is 1.86. The maximum Gasteiger partial charge on any atom is 0.0547 e. The third-order valence-electron chi connectivity index (χ3n) is 10.5. The Bertz CT molecular complexity index is 3100. The van der Waals surface area contributed by atoms with Gasteiger partial charge in [0.1, 0.15) is 0 Å². The molecule has 0 atom stereocenters. The number of fused-ring (bicyclic) bond motifs is 9. The van der Waals surface area contributed by atoms with Crippen LogP contribution in [0, 0.1) is 0 Å². The first-order valence-corrected chi connectivity index (χ1v) is 18.2. The van der Waals surface area contributed by atoms with Crippen LogP contribution in [0.25, 0.3) is 97.4 Å². The van der Waals surface area contributed by atoms with Crippen molar-refractivity contribution in [3.05, 3.63) is 182 Å². The van der Waals surface area contributed by atoms with Crippen molar-refractivity contribution in [3.8, 4) is 33.6 Å². The van der Waals surface area contributed by atoms with Crippen LogP contribution in [0.2, 0.25) is 0 Å². The first-order chi connectivity index (χ1) is 25.3. The van der Waals surface area contributed by atoms with Crippen LogP contribution >= 0.6 is 11.3 Å². The van der Waals surface area contributed by atoms with Crippen molar-refractivity contribution in [2.24, 2.45) is 0 Å². The van der Waals surface area contributed by atoms with Gasteiger partial charge < -0.3 is 9.13 Å². The molecule has 0 aliphatic carbocycles. The fourth-order valence-corrected chi connectivity index (χ4v) is 9.27. The Morgan fingerprint density at radius 2 is 0.725 bits per heavy atom. The van der Waals surface area contributed by atoms with Crippen molar-refractivity contribution in [2.45, 2.75) is 0 Å². The SMILES string of the molecule is c1cc(-c2ccc3c4ccccc4n(-c4cccc(-c5ccc6sc7ccccc7c6c5)c4)c3c2)cc(-n2c3ccccc3c3ccccc32)c1. The maximum absolute atomic E-state index is 2.44. The summed E-state index contributed by atoms with van der Waals surface area (Å²) in [5, 5.41) is 7.71. The molecule has 11 aromatic rings. The molecule has 51 heavy (non-hydrogen) atoms. The smallest absolute Gasteiger partial charge is 0.0547 e. The van der Waals surface area contributed by atoms with Crippen molar-refractivity contribution < 1.29 is 0 Å². The van der Waals surface area contributed by atoms with Crippen LogP contribution in [0.3, 0.4) is 0 Å². The summed E-state index contributed by atoms with van der Waals surface area (Å²) in [5.41, 5.74) is 12.0. The number of benzene rings is 8. The van der Waals surface area contributed by atoms with E-state index in [0.717, 1.165) is 11.4 Å².